The summed E-state index contributed by atoms with van der Waals surface area (Å²) in [5.74, 6) is 1.40. The maximum absolute atomic E-state index is 12.4. The Balaban J connectivity index is 2.06. The van der Waals surface area contributed by atoms with Crippen molar-refractivity contribution in [3.63, 3.8) is 0 Å². The van der Waals surface area contributed by atoms with E-state index in [0.29, 0.717) is 5.02 Å². The van der Waals surface area contributed by atoms with Crippen molar-refractivity contribution in [1.29, 1.82) is 0 Å². The van der Waals surface area contributed by atoms with Gasteiger partial charge in [-0.15, -0.1) is 6.42 Å². The predicted molar refractivity (Wildman–Crippen MR) is 99.0 cm³/mol. The summed E-state index contributed by atoms with van der Waals surface area (Å²) in [6.45, 7) is 3.35. The van der Waals surface area contributed by atoms with Crippen LogP contribution in [0.3, 0.4) is 0 Å². The van der Waals surface area contributed by atoms with Crippen LogP contribution in [0.15, 0.2) is 35.3 Å². The summed E-state index contributed by atoms with van der Waals surface area (Å²) in [5.41, 5.74) is 0.167. The molecular formula is C18H20ClN3O4. The molecule has 1 unspecified atom stereocenters. The van der Waals surface area contributed by atoms with Gasteiger partial charge in [0.05, 0.1) is 12.7 Å². The number of hydrogen-bond donors (Lipinski definition) is 2. The van der Waals surface area contributed by atoms with Gasteiger partial charge in [0.1, 0.15) is 6.04 Å². The van der Waals surface area contributed by atoms with Gasteiger partial charge in [0.15, 0.2) is 6.73 Å². The van der Waals surface area contributed by atoms with Crippen LogP contribution in [0.25, 0.3) is 0 Å². The smallest absolute Gasteiger partial charge is 0.334 e. The van der Waals surface area contributed by atoms with Gasteiger partial charge in [0, 0.05) is 10.7 Å². The fourth-order valence-electron chi connectivity index (χ4n) is 2.30. The Hall–Kier alpha value is -2.85. The molecule has 1 atom stereocenters. The van der Waals surface area contributed by atoms with Crippen molar-refractivity contribution in [2.24, 2.45) is 5.92 Å². The molecule has 1 heterocycles. The Labute approximate surface area is 156 Å². The van der Waals surface area contributed by atoms with Gasteiger partial charge in [0.25, 0.3) is 0 Å². The number of hydrogen-bond acceptors (Lipinski definition) is 5. The van der Waals surface area contributed by atoms with Crippen LogP contribution in [0.1, 0.15) is 13.8 Å². The monoisotopic (exact) mass is 377 g/mol. The van der Waals surface area contributed by atoms with Gasteiger partial charge in [-0.2, -0.15) is 0 Å². The maximum atomic E-state index is 12.4. The zero-order chi connectivity index (χ0) is 19.3. The van der Waals surface area contributed by atoms with Gasteiger partial charge in [-0.3, -0.25) is 9.13 Å². The number of terminal acetylenes is 1. The number of halogens is 1. The van der Waals surface area contributed by atoms with E-state index < -0.39 is 17.7 Å². The molecule has 0 saturated carbocycles. The lowest BCUT2D eigenvalue weighted by atomic mass is 10.0. The van der Waals surface area contributed by atoms with E-state index in [2.05, 4.69) is 11.2 Å². The summed E-state index contributed by atoms with van der Waals surface area (Å²) in [4.78, 5) is 24.5. The second kappa shape index (κ2) is 8.50. The van der Waals surface area contributed by atoms with Crippen molar-refractivity contribution in [1.82, 2.24) is 9.13 Å². The Kier molecular flexibility index (Phi) is 6.36. The molecule has 1 aromatic carbocycles. The Morgan fingerprint density at radius 2 is 2.04 bits per heavy atom. The van der Waals surface area contributed by atoms with Crippen LogP contribution in [0, 0.1) is 18.3 Å². The summed E-state index contributed by atoms with van der Waals surface area (Å²) in [7, 11) is 0. The number of nitrogens with zero attached hydrogens (tertiary/aromatic N) is 2. The zero-order valence-electron chi connectivity index (χ0n) is 14.5. The molecule has 2 aromatic rings. The number of benzene rings is 1. The summed E-state index contributed by atoms with van der Waals surface area (Å²) >= 11 is 5.86. The summed E-state index contributed by atoms with van der Waals surface area (Å²) in [6, 6.07) is 6.32. The van der Waals surface area contributed by atoms with Crippen molar-refractivity contribution in [2.75, 3.05) is 5.32 Å². The van der Waals surface area contributed by atoms with E-state index in [9.17, 15) is 14.7 Å². The third-order valence-electron chi connectivity index (χ3n) is 3.71. The maximum Gasteiger partial charge on any atom is 0.334 e. The lowest BCUT2D eigenvalue weighted by molar-refractivity contribution is -0.149. The van der Waals surface area contributed by atoms with E-state index in [4.69, 9.17) is 22.8 Å². The average Bonchev–Trinajstić information content (AvgIpc) is 2.86. The van der Waals surface area contributed by atoms with Crippen LogP contribution in [-0.2, 0) is 22.8 Å². The number of carbonyl (C=O) groups excluding carboxylic acids is 1. The van der Waals surface area contributed by atoms with E-state index in [1.54, 1.807) is 24.3 Å². The quantitative estimate of drug-likeness (QED) is 0.571. The third-order valence-corrected chi connectivity index (χ3v) is 3.96. The van der Waals surface area contributed by atoms with Crippen molar-refractivity contribution in [3.8, 4) is 18.2 Å². The van der Waals surface area contributed by atoms with Crippen LogP contribution >= 0.6 is 11.6 Å². The highest BCUT2D eigenvalue weighted by molar-refractivity contribution is 6.30. The van der Waals surface area contributed by atoms with Crippen molar-refractivity contribution in [2.45, 2.75) is 33.2 Å². The number of aromatic nitrogens is 2. The molecule has 2 N–H and O–H groups in total. The average molecular weight is 378 g/mol. The van der Waals surface area contributed by atoms with Gasteiger partial charge in [0.2, 0.25) is 5.88 Å². The first-order valence-electron chi connectivity index (χ1n) is 7.94. The minimum atomic E-state index is -0.617. The Morgan fingerprint density at radius 3 is 2.62 bits per heavy atom. The first-order valence-corrected chi connectivity index (χ1v) is 8.32. The number of anilines is 1. The number of ether oxygens (including phenoxy) is 1. The molecule has 0 fully saturated rings. The molecule has 138 valence electrons. The fourth-order valence-corrected chi connectivity index (χ4v) is 2.42. The van der Waals surface area contributed by atoms with Crippen LogP contribution in [0.5, 0.6) is 5.88 Å². The van der Waals surface area contributed by atoms with E-state index in [1.807, 2.05) is 13.8 Å². The summed E-state index contributed by atoms with van der Waals surface area (Å²) in [6.07, 6.45) is 6.32. The molecule has 0 aliphatic heterocycles. The lowest BCUT2D eigenvalue weighted by Crippen LogP contribution is -2.37. The molecule has 1 aromatic heterocycles. The highest BCUT2D eigenvalue weighted by Gasteiger charge is 2.24. The van der Waals surface area contributed by atoms with Gasteiger partial charge in [-0.25, -0.2) is 9.59 Å². The lowest BCUT2D eigenvalue weighted by Gasteiger charge is -2.22. The molecule has 0 spiro atoms. The molecular weight excluding hydrogens is 358 g/mol. The highest BCUT2D eigenvalue weighted by Crippen LogP contribution is 2.17. The van der Waals surface area contributed by atoms with E-state index in [0.717, 1.165) is 14.8 Å². The number of aromatic hydroxyl groups is 1. The molecule has 0 aliphatic carbocycles. The Bertz CT molecular complexity index is 862. The van der Waals surface area contributed by atoms with Crippen LogP contribution < -0.4 is 11.0 Å². The molecule has 0 saturated heterocycles. The molecule has 8 heteroatoms. The van der Waals surface area contributed by atoms with E-state index in [1.165, 1.54) is 6.20 Å². The predicted octanol–water partition coefficient (Wildman–Crippen LogP) is 2.28. The van der Waals surface area contributed by atoms with Gasteiger partial charge >= 0.3 is 11.7 Å². The van der Waals surface area contributed by atoms with E-state index >= 15 is 0 Å². The first kappa shape index (κ1) is 19.5. The SMILES string of the molecule is C#CCn1c(O)cn(COC(=O)C(Nc2ccc(Cl)cc2)C(C)C)c1=O. The van der Waals surface area contributed by atoms with Gasteiger partial charge in [-0.1, -0.05) is 31.4 Å². The third kappa shape index (κ3) is 4.61. The highest BCUT2D eigenvalue weighted by atomic mass is 35.5. The summed E-state index contributed by atoms with van der Waals surface area (Å²) < 4.78 is 7.31. The van der Waals surface area contributed by atoms with Gasteiger partial charge in [-0.05, 0) is 30.2 Å². The zero-order valence-corrected chi connectivity index (χ0v) is 15.2. The number of esters is 1. The van der Waals surface area contributed by atoms with Crippen molar-refractivity contribution in [3.05, 3.63) is 46.0 Å². The van der Waals surface area contributed by atoms with Crippen molar-refractivity contribution < 1.29 is 14.6 Å². The minimum Gasteiger partial charge on any atom is -0.493 e. The van der Waals surface area contributed by atoms with Crippen LogP contribution in [0.4, 0.5) is 5.69 Å². The Morgan fingerprint density at radius 1 is 1.38 bits per heavy atom. The molecule has 2 rings (SSSR count). The summed E-state index contributed by atoms with van der Waals surface area (Å²) in [5, 5.41) is 13.4. The molecule has 0 bridgehead atoms. The normalized spacial score (nSPS) is 11.8. The largest absolute Gasteiger partial charge is 0.493 e. The number of rotatable bonds is 7. The number of carbonyl (C=O) groups is 1. The van der Waals surface area contributed by atoms with Gasteiger partial charge < -0.3 is 15.2 Å². The molecule has 0 radical (unpaired) electrons. The van der Waals surface area contributed by atoms with Crippen LogP contribution in [-0.4, -0.2) is 26.3 Å². The van der Waals surface area contributed by atoms with Crippen molar-refractivity contribution >= 4 is 23.3 Å². The molecule has 0 amide bonds. The minimum absolute atomic E-state index is 0.0608. The van der Waals surface area contributed by atoms with Crippen LogP contribution in [0.2, 0.25) is 5.02 Å². The number of imidazole rings is 1. The molecule has 26 heavy (non-hydrogen) atoms. The number of nitrogens with one attached hydrogen (secondary N) is 1. The standard InChI is InChI=1S/C18H20ClN3O4/c1-4-9-22-15(23)10-21(18(22)25)11-26-17(24)16(12(2)3)20-14-7-5-13(19)6-8-14/h1,5-8,10,12,16,20,23H,9,11H2,2-3H3. The fraction of sp³-hybridized carbons (Fsp3) is 0.333. The van der Waals surface area contributed by atoms with E-state index in [-0.39, 0.29) is 25.1 Å². The topological polar surface area (TPSA) is 85.5 Å². The first-order chi connectivity index (χ1) is 12.3. The molecule has 7 nitrogen and oxygen atoms in total. The molecule has 0 aliphatic rings. The second-order valence-electron chi connectivity index (χ2n) is 6.00. The second-order valence-corrected chi connectivity index (χ2v) is 6.43.